The lowest BCUT2D eigenvalue weighted by atomic mass is 9.97. The standard InChI is InChI=1S/C17H33N3OS/c1-14(2)11-15-5-8-20(12-15)16(18-3)19-13-17(22-4)6-9-21-10-7-17/h14-15H,5-13H2,1-4H3,(H,18,19). The Morgan fingerprint density at radius 2 is 2.14 bits per heavy atom. The molecule has 2 aliphatic heterocycles. The van der Waals surface area contributed by atoms with Crippen molar-refractivity contribution in [2.75, 3.05) is 46.2 Å². The van der Waals surface area contributed by atoms with Gasteiger partial charge in [0.25, 0.3) is 0 Å². The van der Waals surface area contributed by atoms with Crippen LogP contribution in [0.1, 0.15) is 39.5 Å². The zero-order chi connectivity index (χ0) is 16.0. The van der Waals surface area contributed by atoms with E-state index >= 15 is 0 Å². The molecule has 2 heterocycles. The predicted molar refractivity (Wildman–Crippen MR) is 96.8 cm³/mol. The van der Waals surface area contributed by atoms with Gasteiger partial charge in [-0.3, -0.25) is 4.99 Å². The van der Waals surface area contributed by atoms with E-state index in [2.05, 4.69) is 35.3 Å². The molecule has 4 nitrogen and oxygen atoms in total. The Balaban J connectivity index is 1.85. The van der Waals surface area contributed by atoms with E-state index in [1.165, 1.54) is 12.8 Å². The topological polar surface area (TPSA) is 36.9 Å². The summed E-state index contributed by atoms with van der Waals surface area (Å²) in [6.07, 6.45) is 7.13. The second-order valence-corrected chi connectivity index (χ2v) is 8.40. The van der Waals surface area contributed by atoms with Crippen molar-refractivity contribution in [3.63, 3.8) is 0 Å². The van der Waals surface area contributed by atoms with Crippen molar-refractivity contribution in [3.8, 4) is 0 Å². The van der Waals surface area contributed by atoms with Gasteiger partial charge in [0.1, 0.15) is 0 Å². The van der Waals surface area contributed by atoms with Crippen LogP contribution in [0.15, 0.2) is 4.99 Å². The predicted octanol–water partition coefficient (Wildman–Crippen LogP) is 2.84. The molecule has 1 unspecified atom stereocenters. The van der Waals surface area contributed by atoms with Crippen LogP contribution in [0.4, 0.5) is 0 Å². The molecular formula is C17H33N3OS. The van der Waals surface area contributed by atoms with E-state index in [0.717, 1.165) is 63.5 Å². The van der Waals surface area contributed by atoms with Crippen LogP contribution in [-0.2, 0) is 4.74 Å². The second-order valence-electron chi connectivity index (χ2n) is 7.13. The number of likely N-dealkylation sites (tertiary alicyclic amines) is 1. The van der Waals surface area contributed by atoms with Gasteiger partial charge in [-0.25, -0.2) is 0 Å². The van der Waals surface area contributed by atoms with Crippen molar-refractivity contribution < 1.29 is 4.74 Å². The Hall–Kier alpha value is -0.420. The number of rotatable bonds is 5. The number of thioether (sulfide) groups is 1. The monoisotopic (exact) mass is 327 g/mol. The van der Waals surface area contributed by atoms with Crippen molar-refractivity contribution in [1.82, 2.24) is 10.2 Å². The van der Waals surface area contributed by atoms with E-state index in [0.29, 0.717) is 4.75 Å². The number of aliphatic imine (C=N–C) groups is 1. The Labute approximate surface area is 140 Å². The van der Waals surface area contributed by atoms with Gasteiger partial charge >= 0.3 is 0 Å². The van der Waals surface area contributed by atoms with E-state index < -0.39 is 0 Å². The highest BCUT2D eigenvalue weighted by atomic mass is 32.2. The maximum atomic E-state index is 5.53. The van der Waals surface area contributed by atoms with Crippen LogP contribution >= 0.6 is 11.8 Å². The highest BCUT2D eigenvalue weighted by molar-refractivity contribution is 8.00. The first-order valence-corrected chi connectivity index (χ1v) is 9.89. The number of nitrogens with zero attached hydrogens (tertiary/aromatic N) is 2. The fourth-order valence-electron chi connectivity index (χ4n) is 3.65. The third kappa shape index (κ3) is 4.79. The number of hydrogen-bond donors (Lipinski definition) is 1. The van der Waals surface area contributed by atoms with Crippen LogP contribution in [0, 0.1) is 11.8 Å². The number of ether oxygens (including phenoxy) is 1. The van der Waals surface area contributed by atoms with Gasteiger partial charge in [-0.2, -0.15) is 11.8 Å². The number of hydrogen-bond acceptors (Lipinski definition) is 3. The molecule has 0 amide bonds. The van der Waals surface area contributed by atoms with Crippen molar-refractivity contribution in [2.45, 2.75) is 44.3 Å². The molecule has 0 saturated carbocycles. The van der Waals surface area contributed by atoms with E-state index in [1.807, 2.05) is 18.8 Å². The van der Waals surface area contributed by atoms with Crippen LogP contribution < -0.4 is 5.32 Å². The summed E-state index contributed by atoms with van der Waals surface area (Å²) in [4.78, 5) is 6.97. The average Bonchev–Trinajstić information content (AvgIpc) is 2.96. The molecule has 2 fully saturated rings. The maximum absolute atomic E-state index is 5.53. The third-order valence-corrected chi connectivity index (χ3v) is 6.43. The SMILES string of the molecule is CN=C(NCC1(SC)CCOCC1)N1CCC(CC(C)C)C1. The Kier molecular flexibility index (Phi) is 6.87. The van der Waals surface area contributed by atoms with E-state index in [9.17, 15) is 0 Å². The minimum atomic E-state index is 0.311. The first-order valence-electron chi connectivity index (χ1n) is 8.67. The van der Waals surface area contributed by atoms with Gasteiger partial charge in [-0.1, -0.05) is 13.8 Å². The fraction of sp³-hybridized carbons (Fsp3) is 0.941. The van der Waals surface area contributed by atoms with Crippen molar-refractivity contribution in [1.29, 1.82) is 0 Å². The summed E-state index contributed by atoms with van der Waals surface area (Å²) in [6, 6.07) is 0. The average molecular weight is 328 g/mol. The van der Waals surface area contributed by atoms with Crippen LogP contribution in [0.25, 0.3) is 0 Å². The summed E-state index contributed by atoms with van der Waals surface area (Å²) in [6.45, 7) is 9.73. The molecule has 2 aliphatic rings. The van der Waals surface area contributed by atoms with Gasteiger partial charge in [0.05, 0.1) is 0 Å². The zero-order valence-corrected chi connectivity index (χ0v) is 15.5. The largest absolute Gasteiger partial charge is 0.381 e. The lowest BCUT2D eigenvalue weighted by molar-refractivity contribution is 0.0781. The molecule has 1 N–H and O–H groups in total. The molecule has 0 bridgehead atoms. The van der Waals surface area contributed by atoms with Gasteiger partial charge in [0.15, 0.2) is 5.96 Å². The Bertz CT molecular complexity index is 367. The van der Waals surface area contributed by atoms with Gasteiger partial charge in [-0.15, -0.1) is 0 Å². The normalized spacial score (nSPS) is 25.8. The molecule has 2 rings (SSSR count). The van der Waals surface area contributed by atoms with Gasteiger partial charge < -0.3 is 15.0 Å². The van der Waals surface area contributed by atoms with E-state index in [4.69, 9.17) is 4.74 Å². The molecule has 0 spiro atoms. The first kappa shape index (κ1) is 17.9. The first-order chi connectivity index (χ1) is 10.6. The minimum Gasteiger partial charge on any atom is -0.381 e. The molecule has 1 atom stereocenters. The molecule has 0 radical (unpaired) electrons. The molecule has 0 aromatic rings. The molecule has 0 aromatic heterocycles. The molecule has 22 heavy (non-hydrogen) atoms. The molecule has 0 aromatic carbocycles. The quantitative estimate of drug-likeness (QED) is 0.622. The second kappa shape index (κ2) is 8.44. The summed E-state index contributed by atoms with van der Waals surface area (Å²) in [7, 11) is 1.91. The van der Waals surface area contributed by atoms with Crippen LogP contribution in [0.3, 0.4) is 0 Å². The highest BCUT2D eigenvalue weighted by Crippen LogP contribution is 2.33. The van der Waals surface area contributed by atoms with Crippen LogP contribution in [0.5, 0.6) is 0 Å². The summed E-state index contributed by atoms with van der Waals surface area (Å²) >= 11 is 1.98. The fourth-order valence-corrected chi connectivity index (χ4v) is 4.44. The summed E-state index contributed by atoms with van der Waals surface area (Å²) < 4.78 is 5.84. The summed E-state index contributed by atoms with van der Waals surface area (Å²) in [5, 5.41) is 3.65. The number of guanidine groups is 1. The molecule has 128 valence electrons. The Morgan fingerprint density at radius 3 is 2.73 bits per heavy atom. The number of nitrogens with one attached hydrogen (secondary N) is 1. The lowest BCUT2D eigenvalue weighted by Gasteiger charge is -2.37. The summed E-state index contributed by atoms with van der Waals surface area (Å²) in [5.74, 6) is 2.71. The van der Waals surface area contributed by atoms with Crippen molar-refractivity contribution in [2.24, 2.45) is 16.8 Å². The van der Waals surface area contributed by atoms with Gasteiger partial charge in [-0.05, 0) is 43.8 Å². The van der Waals surface area contributed by atoms with Gasteiger partial charge in [0, 0.05) is 44.6 Å². The van der Waals surface area contributed by atoms with E-state index in [1.54, 1.807) is 0 Å². The van der Waals surface area contributed by atoms with Crippen LogP contribution in [0.2, 0.25) is 0 Å². The molecule has 0 aliphatic carbocycles. The van der Waals surface area contributed by atoms with Crippen molar-refractivity contribution >= 4 is 17.7 Å². The Morgan fingerprint density at radius 1 is 1.41 bits per heavy atom. The lowest BCUT2D eigenvalue weighted by Crippen LogP contribution is -2.48. The van der Waals surface area contributed by atoms with E-state index in [-0.39, 0.29) is 0 Å². The van der Waals surface area contributed by atoms with Crippen molar-refractivity contribution in [3.05, 3.63) is 0 Å². The zero-order valence-electron chi connectivity index (χ0n) is 14.7. The smallest absolute Gasteiger partial charge is 0.193 e. The minimum absolute atomic E-state index is 0.311. The molecule has 2 saturated heterocycles. The maximum Gasteiger partial charge on any atom is 0.193 e. The summed E-state index contributed by atoms with van der Waals surface area (Å²) in [5.41, 5.74) is 0. The highest BCUT2D eigenvalue weighted by Gasteiger charge is 2.33. The molecular weight excluding hydrogens is 294 g/mol. The van der Waals surface area contributed by atoms with Gasteiger partial charge in [0.2, 0.25) is 0 Å². The third-order valence-electron chi connectivity index (χ3n) is 5.01. The molecule has 5 heteroatoms. The van der Waals surface area contributed by atoms with Crippen LogP contribution in [-0.4, -0.2) is 61.8 Å².